The van der Waals surface area contributed by atoms with E-state index in [2.05, 4.69) is 65.7 Å². The van der Waals surface area contributed by atoms with E-state index in [1.807, 2.05) is 0 Å². The molecule has 2 heteroatoms. The Kier molecular flexibility index (Phi) is 12.5. The highest BCUT2D eigenvalue weighted by atomic mass is 15.1. The first-order valence-electron chi connectivity index (χ1n) is 12.5. The maximum absolute atomic E-state index is 2.52. The Bertz CT molecular complexity index is 629. The minimum absolute atomic E-state index is 1.16. The Morgan fingerprint density at radius 2 is 1.21 bits per heavy atom. The van der Waals surface area contributed by atoms with E-state index in [1.54, 1.807) is 0 Å². The van der Waals surface area contributed by atoms with Gasteiger partial charge in [0, 0.05) is 6.42 Å². The minimum Gasteiger partial charge on any atom is -0.234 e. The fourth-order valence-electron chi connectivity index (χ4n) is 4.23. The van der Waals surface area contributed by atoms with Crippen LogP contribution in [0.4, 0.5) is 0 Å². The van der Waals surface area contributed by atoms with Crippen LogP contribution in [-0.2, 0) is 13.0 Å². The second-order valence-electron chi connectivity index (χ2n) is 8.61. The van der Waals surface area contributed by atoms with Crippen LogP contribution in [0.3, 0.4) is 0 Å². The zero-order valence-corrected chi connectivity index (χ0v) is 19.2. The summed E-state index contributed by atoms with van der Waals surface area (Å²) in [5.74, 6) is 1.48. The van der Waals surface area contributed by atoms with Gasteiger partial charge in [-0.15, -0.1) is 0 Å². The highest BCUT2D eigenvalue weighted by molar-refractivity contribution is 5.31. The summed E-state index contributed by atoms with van der Waals surface area (Å²) in [7, 11) is 0. The largest absolute Gasteiger partial charge is 0.261 e. The van der Waals surface area contributed by atoms with Gasteiger partial charge in [-0.3, -0.25) is 0 Å². The van der Waals surface area contributed by atoms with Gasteiger partial charge in [-0.2, -0.15) is 4.57 Å². The van der Waals surface area contributed by atoms with Crippen molar-refractivity contribution in [2.75, 3.05) is 0 Å². The number of aryl methyl sites for hydroxylation is 1. The van der Waals surface area contributed by atoms with E-state index in [-0.39, 0.29) is 0 Å². The average Bonchev–Trinajstić information content (AvgIpc) is 3.15. The van der Waals surface area contributed by atoms with Gasteiger partial charge >= 0.3 is 0 Å². The molecule has 0 fully saturated rings. The summed E-state index contributed by atoms with van der Waals surface area (Å²) in [6, 6.07) is 10.9. The summed E-state index contributed by atoms with van der Waals surface area (Å²) < 4.78 is 4.93. The van der Waals surface area contributed by atoms with E-state index in [0.29, 0.717) is 0 Å². The smallest absolute Gasteiger partial charge is 0.234 e. The molecule has 2 nitrogen and oxygen atoms in total. The molecule has 0 spiro atoms. The summed E-state index contributed by atoms with van der Waals surface area (Å²) in [5, 5.41) is 0. The van der Waals surface area contributed by atoms with E-state index in [0.717, 1.165) is 6.54 Å². The Labute approximate surface area is 180 Å². The molecule has 0 bridgehead atoms. The highest BCUT2D eigenvalue weighted by Gasteiger charge is 2.18. The minimum atomic E-state index is 1.16. The van der Waals surface area contributed by atoms with Crippen molar-refractivity contribution < 1.29 is 4.57 Å². The van der Waals surface area contributed by atoms with Crippen molar-refractivity contribution >= 4 is 0 Å². The van der Waals surface area contributed by atoms with E-state index in [4.69, 9.17) is 0 Å². The Hall–Kier alpha value is -1.57. The van der Waals surface area contributed by atoms with Gasteiger partial charge in [0.25, 0.3) is 5.82 Å². The number of nitrogens with zero attached hydrogens (tertiary/aromatic N) is 2. The SMILES string of the molecule is CCCCCCCCCCCc1n(-c2ccccc2)cc[n+]1CCCCCCC. The number of para-hydroxylation sites is 1. The van der Waals surface area contributed by atoms with Gasteiger partial charge in [0.2, 0.25) is 0 Å². The maximum atomic E-state index is 2.52. The summed E-state index contributed by atoms with van der Waals surface area (Å²) in [6.45, 7) is 5.75. The predicted molar refractivity (Wildman–Crippen MR) is 126 cm³/mol. The third-order valence-electron chi connectivity index (χ3n) is 6.05. The Balaban J connectivity index is 1.83. The molecule has 0 amide bonds. The topological polar surface area (TPSA) is 8.81 Å². The normalized spacial score (nSPS) is 11.2. The lowest BCUT2D eigenvalue weighted by Gasteiger charge is -2.06. The zero-order chi connectivity index (χ0) is 20.6. The molecule has 0 saturated heterocycles. The first-order valence-corrected chi connectivity index (χ1v) is 12.5. The number of rotatable bonds is 17. The van der Waals surface area contributed by atoms with Crippen LogP contribution < -0.4 is 4.57 Å². The van der Waals surface area contributed by atoms with Gasteiger partial charge in [-0.1, -0.05) is 103 Å². The van der Waals surface area contributed by atoms with Crippen LogP contribution >= 0.6 is 0 Å². The molecule has 29 heavy (non-hydrogen) atoms. The molecule has 1 aromatic carbocycles. The van der Waals surface area contributed by atoms with Crippen LogP contribution in [0.5, 0.6) is 0 Å². The van der Waals surface area contributed by atoms with Crippen molar-refractivity contribution in [1.29, 1.82) is 0 Å². The monoisotopic (exact) mass is 397 g/mol. The second kappa shape index (κ2) is 15.3. The maximum Gasteiger partial charge on any atom is 0.261 e. The highest BCUT2D eigenvalue weighted by Crippen LogP contribution is 2.14. The fraction of sp³-hybridized carbons (Fsp3) is 0.667. The number of hydrogen-bond acceptors (Lipinski definition) is 0. The molecule has 1 heterocycles. The summed E-state index contributed by atoms with van der Waals surface area (Å²) in [4.78, 5) is 0. The van der Waals surface area contributed by atoms with Crippen molar-refractivity contribution in [2.24, 2.45) is 0 Å². The van der Waals surface area contributed by atoms with Gasteiger partial charge in [0.05, 0.1) is 6.54 Å². The van der Waals surface area contributed by atoms with Crippen LogP contribution in [0.1, 0.15) is 110 Å². The molecule has 0 aliphatic heterocycles. The van der Waals surface area contributed by atoms with Crippen LogP contribution in [0, 0.1) is 0 Å². The van der Waals surface area contributed by atoms with Crippen LogP contribution in [0.2, 0.25) is 0 Å². The van der Waals surface area contributed by atoms with Crippen LogP contribution in [0.25, 0.3) is 5.69 Å². The van der Waals surface area contributed by atoms with Gasteiger partial charge in [-0.05, 0) is 31.4 Å². The lowest BCUT2D eigenvalue weighted by Crippen LogP contribution is -2.37. The van der Waals surface area contributed by atoms with Crippen molar-refractivity contribution in [3.63, 3.8) is 0 Å². The molecule has 0 aliphatic carbocycles. The number of benzene rings is 1. The van der Waals surface area contributed by atoms with Crippen LogP contribution in [-0.4, -0.2) is 4.57 Å². The molecule has 2 rings (SSSR count). The molecular weight excluding hydrogens is 352 g/mol. The number of unbranched alkanes of at least 4 members (excludes halogenated alkanes) is 12. The quantitative estimate of drug-likeness (QED) is 0.190. The Morgan fingerprint density at radius 3 is 1.83 bits per heavy atom. The number of imidazole rings is 1. The lowest BCUT2D eigenvalue weighted by molar-refractivity contribution is -0.704. The Morgan fingerprint density at radius 1 is 0.655 bits per heavy atom. The number of aromatic nitrogens is 2. The third kappa shape index (κ3) is 9.19. The molecule has 0 radical (unpaired) electrons. The molecule has 1 aromatic heterocycles. The van der Waals surface area contributed by atoms with Crippen LogP contribution in [0.15, 0.2) is 42.7 Å². The van der Waals surface area contributed by atoms with Gasteiger partial charge in [0.1, 0.15) is 18.1 Å². The van der Waals surface area contributed by atoms with Crippen molar-refractivity contribution in [1.82, 2.24) is 4.57 Å². The lowest BCUT2D eigenvalue weighted by atomic mass is 10.1. The molecule has 0 N–H and O–H groups in total. The predicted octanol–water partition coefficient (Wildman–Crippen LogP) is 7.81. The molecule has 0 unspecified atom stereocenters. The molecule has 0 atom stereocenters. The molecule has 0 aliphatic rings. The summed E-state index contributed by atoms with van der Waals surface area (Å²) >= 11 is 0. The first kappa shape index (κ1) is 23.7. The molecular formula is C27H45N2+. The van der Waals surface area contributed by atoms with Crippen molar-refractivity contribution in [3.8, 4) is 5.69 Å². The third-order valence-corrected chi connectivity index (χ3v) is 6.05. The number of hydrogen-bond donors (Lipinski definition) is 0. The van der Waals surface area contributed by atoms with Crippen molar-refractivity contribution in [2.45, 2.75) is 117 Å². The zero-order valence-electron chi connectivity index (χ0n) is 19.2. The first-order chi connectivity index (χ1) is 14.4. The second-order valence-corrected chi connectivity index (χ2v) is 8.61. The molecule has 0 saturated carbocycles. The van der Waals surface area contributed by atoms with Gasteiger partial charge in [-0.25, -0.2) is 4.57 Å². The summed E-state index contributed by atoms with van der Waals surface area (Å²) in [5.41, 5.74) is 1.29. The molecule has 2 aromatic rings. The van der Waals surface area contributed by atoms with Gasteiger partial charge < -0.3 is 0 Å². The van der Waals surface area contributed by atoms with E-state index >= 15 is 0 Å². The van der Waals surface area contributed by atoms with Crippen molar-refractivity contribution in [3.05, 3.63) is 48.5 Å². The van der Waals surface area contributed by atoms with E-state index < -0.39 is 0 Å². The summed E-state index contributed by atoms with van der Waals surface area (Å²) in [6.07, 6.45) is 25.0. The standard InChI is InChI=1S/C27H45N2/c1-3-5-7-9-10-11-12-13-18-22-27-28(23-19-14-8-6-4-2)24-25-29(27)26-20-16-15-17-21-26/h15-17,20-21,24-25H,3-14,18-19,22-23H2,1-2H3/q+1. The van der Waals surface area contributed by atoms with Gasteiger partial charge in [0.15, 0.2) is 0 Å². The van der Waals surface area contributed by atoms with E-state index in [9.17, 15) is 0 Å². The molecule has 162 valence electrons. The van der Waals surface area contributed by atoms with E-state index in [1.165, 1.54) is 108 Å². The average molecular weight is 398 g/mol. The fourth-order valence-corrected chi connectivity index (χ4v) is 4.23.